The van der Waals surface area contributed by atoms with Crippen LogP contribution in [0.4, 0.5) is 0 Å². The van der Waals surface area contributed by atoms with E-state index in [-0.39, 0.29) is 0 Å². The second kappa shape index (κ2) is 14.8. The summed E-state index contributed by atoms with van der Waals surface area (Å²) in [5.74, 6) is 0. The number of benzene rings is 10. The molecule has 0 aliphatic carbocycles. The van der Waals surface area contributed by atoms with Gasteiger partial charge in [-0.2, -0.15) is 0 Å². The Morgan fingerprint density at radius 1 is 0.177 bits per heavy atom. The molecule has 2 aromatic heterocycles. The third-order valence-electron chi connectivity index (χ3n) is 12.5. The Labute approximate surface area is 360 Å². The van der Waals surface area contributed by atoms with Crippen molar-refractivity contribution in [3.8, 4) is 67.0 Å². The van der Waals surface area contributed by atoms with Gasteiger partial charge < -0.3 is 9.13 Å². The Hall–Kier alpha value is -8.20. The summed E-state index contributed by atoms with van der Waals surface area (Å²) in [7, 11) is 0. The highest BCUT2D eigenvalue weighted by atomic mass is 15.0. The fraction of sp³-hybridized carbons (Fsp3) is 0. The van der Waals surface area contributed by atoms with Crippen LogP contribution in [-0.4, -0.2) is 9.13 Å². The van der Waals surface area contributed by atoms with Gasteiger partial charge in [-0.1, -0.05) is 164 Å². The predicted molar refractivity (Wildman–Crippen MR) is 262 cm³/mol. The van der Waals surface area contributed by atoms with Gasteiger partial charge in [0.2, 0.25) is 0 Å². The largest absolute Gasteiger partial charge is 0.309 e. The number of nitrogens with zero attached hydrogens (tertiary/aromatic N) is 2. The van der Waals surface area contributed by atoms with E-state index in [0.29, 0.717) is 0 Å². The molecule has 0 atom stereocenters. The van der Waals surface area contributed by atoms with Crippen LogP contribution < -0.4 is 0 Å². The van der Waals surface area contributed by atoms with Crippen molar-refractivity contribution < 1.29 is 0 Å². The molecule has 2 heteroatoms. The molecule has 0 saturated carbocycles. The average Bonchev–Trinajstić information content (AvgIpc) is 3.87. The third kappa shape index (κ3) is 6.12. The zero-order chi connectivity index (χ0) is 41.0. The Bertz CT molecular complexity index is 3520. The summed E-state index contributed by atoms with van der Waals surface area (Å²) in [5, 5.41) is 4.99. The van der Waals surface area contributed by atoms with E-state index in [2.05, 4.69) is 252 Å². The molecule has 10 aromatic carbocycles. The van der Waals surface area contributed by atoms with Gasteiger partial charge in [-0.15, -0.1) is 0 Å². The van der Waals surface area contributed by atoms with Crippen molar-refractivity contribution >= 4 is 43.6 Å². The van der Waals surface area contributed by atoms with Crippen LogP contribution in [-0.2, 0) is 0 Å². The molecule has 0 aliphatic heterocycles. The lowest BCUT2D eigenvalue weighted by atomic mass is 9.93. The average molecular weight is 789 g/mol. The summed E-state index contributed by atoms with van der Waals surface area (Å²) < 4.78 is 4.79. The van der Waals surface area contributed by atoms with Gasteiger partial charge in [0, 0.05) is 32.9 Å². The first-order valence-electron chi connectivity index (χ1n) is 21.3. The van der Waals surface area contributed by atoms with E-state index in [1.807, 2.05) is 0 Å². The molecule has 0 bridgehead atoms. The molecule has 0 spiro atoms. The fourth-order valence-corrected chi connectivity index (χ4v) is 9.49. The van der Waals surface area contributed by atoms with Gasteiger partial charge in [0.1, 0.15) is 0 Å². The fourth-order valence-electron chi connectivity index (χ4n) is 9.49. The van der Waals surface area contributed by atoms with Crippen molar-refractivity contribution in [1.29, 1.82) is 0 Å². The van der Waals surface area contributed by atoms with Crippen LogP contribution in [0.5, 0.6) is 0 Å². The summed E-state index contributed by atoms with van der Waals surface area (Å²) >= 11 is 0. The van der Waals surface area contributed by atoms with Crippen molar-refractivity contribution in [3.05, 3.63) is 243 Å². The minimum atomic E-state index is 1.15. The van der Waals surface area contributed by atoms with Crippen LogP contribution in [0.25, 0.3) is 111 Å². The molecule has 0 fully saturated rings. The van der Waals surface area contributed by atoms with Gasteiger partial charge in [-0.3, -0.25) is 0 Å². The smallest absolute Gasteiger partial charge is 0.0547 e. The van der Waals surface area contributed by atoms with Gasteiger partial charge in [-0.25, -0.2) is 0 Å². The minimum absolute atomic E-state index is 1.15. The molecule has 0 radical (unpaired) electrons. The van der Waals surface area contributed by atoms with E-state index in [1.54, 1.807) is 0 Å². The maximum atomic E-state index is 2.42. The number of aromatic nitrogens is 2. The topological polar surface area (TPSA) is 9.86 Å². The summed E-state index contributed by atoms with van der Waals surface area (Å²) in [6.45, 7) is 0. The number of rotatable bonds is 7. The number of hydrogen-bond acceptors (Lipinski definition) is 0. The van der Waals surface area contributed by atoms with Crippen molar-refractivity contribution in [2.75, 3.05) is 0 Å². The molecule has 2 nitrogen and oxygen atoms in total. The summed E-state index contributed by atoms with van der Waals surface area (Å²) in [4.78, 5) is 0. The van der Waals surface area contributed by atoms with E-state index in [1.165, 1.54) is 105 Å². The molecular weight excluding hydrogens is 749 g/mol. The van der Waals surface area contributed by atoms with Crippen LogP contribution in [0.15, 0.2) is 243 Å². The molecule has 0 amide bonds. The highest BCUT2D eigenvalue weighted by Gasteiger charge is 2.17. The van der Waals surface area contributed by atoms with Gasteiger partial charge in [-0.05, 0) is 134 Å². The highest BCUT2D eigenvalue weighted by molar-refractivity contribution is 6.12. The van der Waals surface area contributed by atoms with Crippen LogP contribution in [0.3, 0.4) is 0 Å². The molecule has 62 heavy (non-hydrogen) atoms. The van der Waals surface area contributed by atoms with E-state index in [9.17, 15) is 0 Å². The minimum Gasteiger partial charge on any atom is -0.309 e. The van der Waals surface area contributed by atoms with E-state index >= 15 is 0 Å². The van der Waals surface area contributed by atoms with Gasteiger partial charge >= 0.3 is 0 Å². The molecule has 290 valence electrons. The quantitative estimate of drug-likeness (QED) is 0.152. The summed E-state index contributed by atoms with van der Waals surface area (Å²) in [6, 6.07) is 88.4. The van der Waals surface area contributed by atoms with Crippen molar-refractivity contribution in [3.63, 3.8) is 0 Å². The van der Waals surface area contributed by atoms with E-state index < -0.39 is 0 Å². The van der Waals surface area contributed by atoms with Gasteiger partial charge in [0.25, 0.3) is 0 Å². The molecule has 0 saturated heterocycles. The second-order valence-corrected chi connectivity index (χ2v) is 16.2. The number of fused-ring (bicyclic) bond motifs is 6. The van der Waals surface area contributed by atoms with Crippen LogP contribution in [0.1, 0.15) is 0 Å². The Morgan fingerprint density at radius 2 is 0.516 bits per heavy atom. The van der Waals surface area contributed by atoms with Crippen LogP contribution in [0.2, 0.25) is 0 Å². The predicted octanol–water partition coefficient (Wildman–Crippen LogP) is 16.2. The molecular formula is C60H40N2. The molecule has 2 heterocycles. The van der Waals surface area contributed by atoms with E-state index in [4.69, 9.17) is 0 Å². The summed E-state index contributed by atoms with van der Waals surface area (Å²) in [5.41, 5.74) is 19.1. The lowest BCUT2D eigenvalue weighted by Gasteiger charge is -2.12. The Morgan fingerprint density at radius 3 is 1.03 bits per heavy atom. The molecule has 12 rings (SSSR count). The molecule has 12 aromatic rings. The Kier molecular flexibility index (Phi) is 8.53. The molecule has 0 N–H and O–H groups in total. The zero-order valence-electron chi connectivity index (χ0n) is 34.0. The van der Waals surface area contributed by atoms with Crippen LogP contribution in [0, 0.1) is 0 Å². The van der Waals surface area contributed by atoms with Crippen molar-refractivity contribution in [1.82, 2.24) is 9.13 Å². The number of para-hydroxylation sites is 3. The first-order valence-corrected chi connectivity index (χ1v) is 21.3. The zero-order valence-corrected chi connectivity index (χ0v) is 34.0. The Balaban J connectivity index is 0.951. The highest BCUT2D eigenvalue weighted by Crippen LogP contribution is 2.40. The van der Waals surface area contributed by atoms with Gasteiger partial charge in [0.05, 0.1) is 22.1 Å². The number of hydrogen-bond donors (Lipinski definition) is 0. The second-order valence-electron chi connectivity index (χ2n) is 16.2. The van der Waals surface area contributed by atoms with Crippen molar-refractivity contribution in [2.24, 2.45) is 0 Å². The lowest BCUT2D eigenvalue weighted by Crippen LogP contribution is -1.93. The first kappa shape index (κ1) is 35.7. The normalized spacial score (nSPS) is 11.5. The van der Waals surface area contributed by atoms with Crippen LogP contribution >= 0.6 is 0 Å². The molecule has 0 aliphatic rings. The maximum Gasteiger partial charge on any atom is 0.0547 e. The standard InChI is InChI=1S/C60H40N2/c1-5-15-41(16-6-1)48-35-49(42-17-7-2-8-18-42)37-50(36-48)47-29-32-54-56-39-46(31-34-59(56)62(60(54)40-47)52-21-11-4-12-22-52)44-27-25-43(26-28-44)45-30-33-58-55(38-45)53-23-13-14-24-57(53)61(58)51-19-9-3-10-20-51/h1-40H. The molecule has 0 unspecified atom stereocenters. The maximum absolute atomic E-state index is 2.42. The summed E-state index contributed by atoms with van der Waals surface area (Å²) in [6.07, 6.45) is 0. The third-order valence-corrected chi connectivity index (χ3v) is 12.5. The van der Waals surface area contributed by atoms with Crippen molar-refractivity contribution in [2.45, 2.75) is 0 Å². The first-order chi connectivity index (χ1) is 30.7. The lowest BCUT2D eigenvalue weighted by molar-refractivity contribution is 1.18. The van der Waals surface area contributed by atoms with Gasteiger partial charge in [0.15, 0.2) is 0 Å². The van der Waals surface area contributed by atoms with E-state index in [0.717, 1.165) is 5.69 Å². The SMILES string of the molecule is c1ccc(-c2cc(-c3ccccc3)cc(-c3ccc4c5cc(-c6ccc(-c7ccc8c(c7)c7ccccc7n8-c7ccccc7)cc6)ccc5n(-c5ccccc5)c4c3)c2)cc1. The monoisotopic (exact) mass is 788 g/mol.